The van der Waals surface area contributed by atoms with E-state index >= 15 is 0 Å². The molecule has 3 rings (SSSR count). The summed E-state index contributed by atoms with van der Waals surface area (Å²) in [6, 6.07) is 17.8. The Balaban J connectivity index is 1.92. The molecule has 1 saturated heterocycles. The summed E-state index contributed by atoms with van der Waals surface area (Å²) in [5.41, 5.74) is 2.95. The lowest BCUT2D eigenvalue weighted by Crippen LogP contribution is -2.36. The van der Waals surface area contributed by atoms with E-state index in [-0.39, 0.29) is 11.8 Å². The van der Waals surface area contributed by atoms with Crippen LogP contribution >= 0.6 is 0 Å². The van der Waals surface area contributed by atoms with E-state index in [0.717, 1.165) is 16.8 Å². The predicted octanol–water partition coefficient (Wildman–Crippen LogP) is 2.84. The van der Waals surface area contributed by atoms with E-state index in [9.17, 15) is 9.59 Å². The van der Waals surface area contributed by atoms with Gasteiger partial charge in [-0.3, -0.25) is 9.59 Å². The Labute approximate surface area is 136 Å². The molecule has 1 atom stereocenters. The molecule has 2 aromatic rings. The van der Waals surface area contributed by atoms with Gasteiger partial charge >= 0.3 is 0 Å². The number of anilines is 1. The minimum atomic E-state index is -0.571. The van der Waals surface area contributed by atoms with Gasteiger partial charge in [0, 0.05) is 18.7 Å². The van der Waals surface area contributed by atoms with Gasteiger partial charge in [-0.2, -0.15) is 0 Å². The van der Waals surface area contributed by atoms with E-state index < -0.39 is 5.92 Å². The van der Waals surface area contributed by atoms with Crippen LogP contribution in [0.2, 0.25) is 0 Å². The molecule has 1 heterocycles. The highest BCUT2D eigenvalue weighted by Crippen LogP contribution is 2.34. The lowest BCUT2D eigenvalue weighted by molar-refractivity contribution is -0.132. The van der Waals surface area contributed by atoms with E-state index in [0.29, 0.717) is 19.5 Å². The maximum atomic E-state index is 12.7. The Bertz CT molecular complexity index is 712. The minimum Gasteiger partial charge on any atom is -0.356 e. The highest BCUT2D eigenvalue weighted by Gasteiger charge is 2.38. The van der Waals surface area contributed by atoms with Crippen LogP contribution in [-0.2, 0) is 9.59 Å². The maximum Gasteiger partial charge on any atom is 0.239 e. The number of hydrogen-bond acceptors (Lipinski definition) is 2. The second kappa shape index (κ2) is 6.65. The van der Waals surface area contributed by atoms with E-state index in [2.05, 4.69) is 5.32 Å². The number of carbonyl (C=O) groups is 2. The highest BCUT2D eigenvalue weighted by atomic mass is 16.2. The molecule has 0 aliphatic carbocycles. The normalized spacial score (nSPS) is 17.3. The van der Waals surface area contributed by atoms with Crippen LogP contribution in [0.3, 0.4) is 0 Å². The molecule has 1 N–H and O–H groups in total. The molecule has 0 bridgehead atoms. The summed E-state index contributed by atoms with van der Waals surface area (Å²) < 4.78 is 0. The second-order valence-corrected chi connectivity index (χ2v) is 5.61. The number of benzene rings is 2. The zero-order valence-corrected chi connectivity index (χ0v) is 13.2. The van der Waals surface area contributed by atoms with Crippen molar-refractivity contribution in [2.45, 2.75) is 13.3 Å². The number of para-hydroxylation sites is 1. The second-order valence-electron chi connectivity index (χ2n) is 5.61. The highest BCUT2D eigenvalue weighted by molar-refractivity contribution is 6.11. The molecule has 1 unspecified atom stereocenters. The largest absolute Gasteiger partial charge is 0.356 e. The molecule has 23 heavy (non-hydrogen) atoms. The monoisotopic (exact) mass is 308 g/mol. The Hall–Kier alpha value is -2.62. The Morgan fingerprint density at radius 3 is 2.57 bits per heavy atom. The summed E-state index contributed by atoms with van der Waals surface area (Å²) in [4.78, 5) is 26.4. The fourth-order valence-corrected chi connectivity index (χ4v) is 3.03. The number of hydrogen-bond donors (Lipinski definition) is 1. The number of nitrogens with zero attached hydrogens (tertiary/aromatic N) is 1. The zero-order valence-electron chi connectivity index (χ0n) is 13.2. The van der Waals surface area contributed by atoms with E-state index in [1.165, 1.54) is 0 Å². The van der Waals surface area contributed by atoms with Crippen LogP contribution in [0.5, 0.6) is 0 Å². The molecule has 2 amide bonds. The number of amides is 2. The lowest BCUT2D eigenvalue weighted by Gasteiger charge is -2.20. The van der Waals surface area contributed by atoms with Crippen molar-refractivity contribution < 1.29 is 9.59 Å². The molecule has 1 aliphatic rings. The first-order chi connectivity index (χ1) is 11.2. The topological polar surface area (TPSA) is 49.4 Å². The molecule has 0 radical (unpaired) electrons. The fraction of sp³-hybridized carbons (Fsp3) is 0.263. The third-order valence-electron chi connectivity index (χ3n) is 4.15. The van der Waals surface area contributed by atoms with Gasteiger partial charge in [0.25, 0.3) is 0 Å². The van der Waals surface area contributed by atoms with Crippen LogP contribution in [0.4, 0.5) is 5.69 Å². The summed E-state index contributed by atoms with van der Waals surface area (Å²) >= 11 is 0. The SMILES string of the molecule is CCNC(=O)C1CCN(c2ccccc2-c2ccccc2)C1=O. The van der Waals surface area contributed by atoms with Crippen LogP contribution in [-0.4, -0.2) is 24.9 Å². The first kappa shape index (κ1) is 15.3. The van der Waals surface area contributed by atoms with Gasteiger partial charge in [0.1, 0.15) is 5.92 Å². The maximum absolute atomic E-state index is 12.7. The summed E-state index contributed by atoms with van der Waals surface area (Å²) in [6.45, 7) is 2.98. The van der Waals surface area contributed by atoms with E-state index in [1.54, 1.807) is 4.90 Å². The van der Waals surface area contributed by atoms with Gasteiger partial charge in [0.15, 0.2) is 0 Å². The number of nitrogens with one attached hydrogen (secondary N) is 1. The van der Waals surface area contributed by atoms with Gasteiger partial charge in [-0.05, 0) is 25.0 Å². The first-order valence-corrected chi connectivity index (χ1v) is 7.96. The van der Waals surface area contributed by atoms with Gasteiger partial charge in [-0.1, -0.05) is 48.5 Å². The van der Waals surface area contributed by atoms with Crippen LogP contribution in [0.15, 0.2) is 54.6 Å². The smallest absolute Gasteiger partial charge is 0.239 e. The van der Waals surface area contributed by atoms with Crippen molar-refractivity contribution in [1.82, 2.24) is 5.32 Å². The number of rotatable bonds is 4. The average molecular weight is 308 g/mol. The summed E-state index contributed by atoms with van der Waals surface area (Å²) in [5, 5.41) is 2.75. The van der Waals surface area contributed by atoms with Gasteiger partial charge in [0.05, 0.1) is 5.69 Å². The fourth-order valence-electron chi connectivity index (χ4n) is 3.03. The van der Waals surface area contributed by atoms with E-state index in [1.807, 2.05) is 61.5 Å². The Morgan fingerprint density at radius 1 is 1.13 bits per heavy atom. The molecular formula is C19H20N2O2. The average Bonchev–Trinajstić information content (AvgIpc) is 2.97. The van der Waals surface area contributed by atoms with Crippen LogP contribution in [0, 0.1) is 5.92 Å². The molecule has 1 fully saturated rings. The van der Waals surface area contributed by atoms with Crippen molar-refractivity contribution in [3.05, 3.63) is 54.6 Å². The Morgan fingerprint density at radius 2 is 1.83 bits per heavy atom. The molecule has 4 heteroatoms. The third kappa shape index (κ3) is 2.97. The lowest BCUT2D eigenvalue weighted by atomic mass is 10.0. The van der Waals surface area contributed by atoms with Gasteiger partial charge in [0.2, 0.25) is 11.8 Å². The third-order valence-corrected chi connectivity index (χ3v) is 4.15. The summed E-state index contributed by atoms with van der Waals surface area (Å²) in [5.74, 6) is -0.852. The van der Waals surface area contributed by atoms with Gasteiger partial charge < -0.3 is 10.2 Å². The predicted molar refractivity (Wildman–Crippen MR) is 91.0 cm³/mol. The summed E-state index contributed by atoms with van der Waals surface area (Å²) in [6.07, 6.45) is 0.563. The van der Waals surface area contributed by atoms with Crippen molar-refractivity contribution in [1.29, 1.82) is 0 Å². The molecule has 0 aromatic heterocycles. The van der Waals surface area contributed by atoms with E-state index in [4.69, 9.17) is 0 Å². The minimum absolute atomic E-state index is 0.112. The quantitative estimate of drug-likeness (QED) is 0.883. The van der Waals surface area contributed by atoms with Crippen molar-refractivity contribution >= 4 is 17.5 Å². The van der Waals surface area contributed by atoms with Crippen LogP contribution in [0.1, 0.15) is 13.3 Å². The Kier molecular flexibility index (Phi) is 4.42. The van der Waals surface area contributed by atoms with Crippen molar-refractivity contribution in [3.8, 4) is 11.1 Å². The van der Waals surface area contributed by atoms with Crippen LogP contribution < -0.4 is 10.2 Å². The summed E-state index contributed by atoms with van der Waals surface area (Å²) in [7, 11) is 0. The molecule has 4 nitrogen and oxygen atoms in total. The van der Waals surface area contributed by atoms with Crippen molar-refractivity contribution in [2.24, 2.45) is 5.92 Å². The molecule has 2 aromatic carbocycles. The molecule has 0 spiro atoms. The van der Waals surface area contributed by atoms with Crippen LogP contribution in [0.25, 0.3) is 11.1 Å². The zero-order chi connectivity index (χ0) is 16.2. The standard InChI is InChI=1S/C19H20N2O2/c1-2-20-18(22)16-12-13-21(19(16)23)17-11-7-6-10-15(17)14-8-4-3-5-9-14/h3-11,16H,2,12-13H2,1H3,(H,20,22). The molecular weight excluding hydrogens is 288 g/mol. The van der Waals surface area contributed by atoms with Crippen molar-refractivity contribution in [3.63, 3.8) is 0 Å². The van der Waals surface area contributed by atoms with Gasteiger partial charge in [-0.25, -0.2) is 0 Å². The number of carbonyl (C=O) groups excluding carboxylic acids is 2. The first-order valence-electron chi connectivity index (χ1n) is 7.96. The molecule has 0 saturated carbocycles. The van der Waals surface area contributed by atoms with Gasteiger partial charge in [-0.15, -0.1) is 0 Å². The molecule has 1 aliphatic heterocycles. The molecule has 118 valence electrons. The van der Waals surface area contributed by atoms with Crippen molar-refractivity contribution in [2.75, 3.05) is 18.0 Å².